The predicted octanol–water partition coefficient (Wildman–Crippen LogP) is 2.03. The molecule has 2 aromatic rings. The van der Waals surface area contributed by atoms with Crippen LogP contribution in [0.15, 0.2) is 29.1 Å². The van der Waals surface area contributed by atoms with Gasteiger partial charge in [-0.25, -0.2) is 0 Å². The van der Waals surface area contributed by atoms with Crippen molar-refractivity contribution in [3.05, 3.63) is 57.0 Å². The van der Waals surface area contributed by atoms with E-state index in [1.807, 2.05) is 37.3 Å². The van der Waals surface area contributed by atoms with Crippen LogP contribution in [0, 0.1) is 32.1 Å². The Morgan fingerprint density at radius 3 is 2.33 bits per heavy atom. The Morgan fingerprint density at radius 2 is 1.78 bits per heavy atom. The Labute approximate surface area is 105 Å². The second-order valence-corrected chi connectivity index (χ2v) is 4.25. The molecule has 90 valence electrons. The van der Waals surface area contributed by atoms with Crippen molar-refractivity contribution in [2.45, 2.75) is 20.8 Å². The summed E-state index contributed by atoms with van der Waals surface area (Å²) >= 11 is 0. The Hall–Kier alpha value is -2.41. The largest absolute Gasteiger partial charge is 0.289 e. The zero-order chi connectivity index (χ0) is 13.3. The number of benzene rings is 1. The van der Waals surface area contributed by atoms with Crippen LogP contribution >= 0.6 is 0 Å². The van der Waals surface area contributed by atoms with E-state index in [0.29, 0.717) is 16.9 Å². The third-order valence-corrected chi connectivity index (χ3v) is 2.96. The molecule has 0 spiro atoms. The van der Waals surface area contributed by atoms with Crippen molar-refractivity contribution < 1.29 is 0 Å². The fraction of sp³-hybridized carbons (Fsp3) is 0.214. The van der Waals surface area contributed by atoms with E-state index >= 15 is 0 Å². The molecular weight excluding hydrogens is 226 g/mol. The van der Waals surface area contributed by atoms with E-state index in [1.165, 1.54) is 4.68 Å². The molecule has 4 heteroatoms. The minimum absolute atomic E-state index is 0.156. The van der Waals surface area contributed by atoms with Crippen LogP contribution < -0.4 is 5.56 Å². The molecule has 2 rings (SSSR count). The molecule has 0 saturated carbocycles. The lowest BCUT2D eigenvalue weighted by atomic mass is 10.1. The Balaban J connectivity index is 2.74. The van der Waals surface area contributed by atoms with E-state index in [-0.39, 0.29) is 11.1 Å². The minimum Gasteiger partial charge on any atom is -0.266 e. The van der Waals surface area contributed by atoms with Gasteiger partial charge in [0.05, 0.1) is 11.4 Å². The lowest BCUT2D eigenvalue weighted by Crippen LogP contribution is -2.26. The normalized spacial score (nSPS) is 10.1. The van der Waals surface area contributed by atoms with Gasteiger partial charge in [-0.2, -0.15) is 15.0 Å². The van der Waals surface area contributed by atoms with Crippen molar-refractivity contribution in [3.8, 4) is 11.8 Å². The van der Waals surface area contributed by atoms with Crippen LogP contribution in [-0.4, -0.2) is 9.78 Å². The Kier molecular flexibility index (Phi) is 2.99. The molecule has 0 fully saturated rings. The molecule has 0 amide bonds. The van der Waals surface area contributed by atoms with Gasteiger partial charge in [0.25, 0.3) is 5.56 Å². The fourth-order valence-corrected chi connectivity index (χ4v) is 1.71. The van der Waals surface area contributed by atoms with Gasteiger partial charge < -0.3 is 0 Å². The molecule has 18 heavy (non-hydrogen) atoms. The highest BCUT2D eigenvalue weighted by molar-refractivity contribution is 5.40. The fourth-order valence-electron chi connectivity index (χ4n) is 1.71. The highest BCUT2D eigenvalue weighted by atomic mass is 16.1. The third-order valence-electron chi connectivity index (χ3n) is 2.96. The summed E-state index contributed by atoms with van der Waals surface area (Å²) in [5, 5.41) is 13.3. The molecule has 0 radical (unpaired) electrons. The lowest BCUT2D eigenvalue weighted by molar-refractivity contribution is 0.772. The van der Waals surface area contributed by atoms with Gasteiger partial charge in [-0.15, -0.1) is 0 Å². The maximum absolute atomic E-state index is 12.1. The monoisotopic (exact) mass is 239 g/mol. The van der Waals surface area contributed by atoms with E-state index in [4.69, 9.17) is 5.26 Å². The SMILES string of the molecule is Cc1ccc(-n2nc(C)c(C)c(C#N)c2=O)cc1. The van der Waals surface area contributed by atoms with Crippen molar-refractivity contribution in [1.29, 1.82) is 5.26 Å². The highest BCUT2D eigenvalue weighted by Gasteiger charge is 2.12. The maximum Gasteiger partial charge on any atom is 0.289 e. The van der Waals surface area contributed by atoms with Crippen molar-refractivity contribution >= 4 is 0 Å². The number of hydrogen-bond donors (Lipinski definition) is 0. The quantitative estimate of drug-likeness (QED) is 0.765. The summed E-state index contributed by atoms with van der Waals surface area (Å²) in [6, 6.07) is 9.41. The first-order valence-corrected chi connectivity index (χ1v) is 5.62. The lowest BCUT2D eigenvalue weighted by Gasteiger charge is -2.08. The zero-order valence-corrected chi connectivity index (χ0v) is 10.6. The number of aryl methyl sites for hydroxylation is 2. The molecule has 0 N–H and O–H groups in total. The van der Waals surface area contributed by atoms with Crippen LogP contribution in [0.3, 0.4) is 0 Å². The first-order valence-electron chi connectivity index (χ1n) is 5.62. The number of hydrogen-bond acceptors (Lipinski definition) is 3. The Morgan fingerprint density at radius 1 is 1.17 bits per heavy atom. The summed E-state index contributed by atoms with van der Waals surface area (Å²) in [5.74, 6) is 0. The van der Waals surface area contributed by atoms with Gasteiger partial charge >= 0.3 is 0 Å². The molecule has 0 unspecified atom stereocenters. The number of nitriles is 1. The molecule has 0 aliphatic carbocycles. The average molecular weight is 239 g/mol. The summed E-state index contributed by atoms with van der Waals surface area (Å²) in [7, 11) is 0. The summed E-state index contributed by atoms with van der Waals surface area (Å²) in [6.45, 7) is 5.50. The summed E-state index contributed by atoms with van der Waals surface area (Å²) in [4.78, 5) is 12.1. The van der Waals surface area contributed by atoms with Gasteiger partial charge in [0.1, 0.15) is 11.6 Å². The first-order chi connectivity index (χ1) is 8.54. The Bertz CT molecular complexity index is 691. The predicted molar refractivity (Wildman–Crippen MR) is 68.8 cm³/mol. The standard InChI is InChI=1S/C14H13N3O/c1-9-4-6-12(7-5-9)17-14(18)13(8-15)10(2)11(3)16-17/h4-7H,1-3H3. The summed E-state index contributed by atoms with van der Waals surface area (Å²) in [6.07, 6.45) is 0. The second kappa shape index (κ2) is 4.46. The highest BCUT2D eigenvalue weighted by Crippen LogP contribution is 2.10. The van der Waals surface area contributed by atoms with E-state index in [0.717, 1.165) is 5.56 Å². The van der Waals surface area contributed by atoms with Gasteiger partial charge in [0, 0.05) is 0 Å². The topological polar surface area (TPSA) is 58.7 Å². The van der Waals surface area contributed by atoms with Gasteiger partial charge in [-0.1, -0.05) is 17.7 Å². The van der Waals surface area contributed by atoms with E-state index < -0.39 is 0 Å². The van der Waals surface area contributed by atoms with Crippen LogP contribution in [0.2, 0.25) is 0 Å². The molecule has 1 aromatic carbocycles. The zero-order valence-electron chi connectivity index (χ0n) is 10.6. The molecule has 0 atom stereocenters. The summed E-state index contributed by atoms with van der Waals surface area (Å²) in [5.41, 5.74) is 2.89. The molecule has 0 bridgehead atoms. The van der Waals surface area contributed by atoms with Crippen molar-refractivity contribution in [2.24, 2.45) is 0 Å². The number of rotatable bonds is 1. The third kappa shape index (κ3) is 1.91. The second-order valence-electron chi connectivity index (χ2n) is 4.25. The van der Waals surface area contributed by atoms with Crippen LogP contribution in [0.4, 0.5) is 0 Å². The van der Waals surface area contributed by atoms with E-state index in [9.17, 15) is 4.79 Å². The van der Waals surface area contributed by atoms with E-state index in [2.05, 4.69) is 5.10 Å². The van der Waals surface area contributed by atoms with Crippen LogP contribution in [0.25, 0.3) is 5.69 Å². The van der Waals surface area contributed by atoms with Gasteiger partial charge in [0.2, 0.25) is 0 Å². The number of aromatic nitrogens is 2. The van der Waals surface area contributed by atoms with Crippen LogP contribution in [0.5, 0.6) is 0 Å². The molecule has 1 heterocycles. The summed E-state index contributed by atoms with van der Waals surface area (Å²) < 4.78 is 1.28. The molecule has 0 aliphatic rings. The van der Waals surface area contributed by atoms with Crippen molar-refractivity contribution in [1.82, 2.24) is 9.78 Å². The van der Waals surface area contributed by atoms with Gasteiger partial charge in [0.15, 0.2) is 0 Å². The van der Waals surface area contributed by atoms with Crippen molar-refractivity contribution in [2.75, 3.05) is 0 Å². The van der Waals surface area contributed by atoms with Gasteiger partial charge in [-0.3, -0.25) is 4.79 Å². The molecule has 0 aliphatic heterocycles. The molecule has 0 saturated heterocycles. The molecule has 1 aromatic heterocycles. The smallest absolute Gasteiger partial charge is 0.266 e. The minimum atomic E-state index is -0.371. The molecular formula is C14H13N3O. The number of nitrogens with zero attached hydrogens (tertiary/aromatic N) is 3. The molecule has 4 nitrogen and oxygen atoms in total. The van der Waals surface area contributed by atoms with Crippen LogP contribution in [0.1, 0.15) is 22.4 Å². The van der Waals surface area contributed by atoms with Crippen LogP contribution in [-0.2, 0) is 0 Å². The maximum atomic E-state index is 12.1. The average Bonchev–Trinajstić information content (AvgIpc) is 2.36. The van der Waals surface area contributed by atoms with E-state index in [1.54, 1.807) is 13.8 Å². The van der Waals surface area contributed by atoms with Gasteiger partial charge in [-0.05, 0) is 38.5 Å². The van der Waals surface area contributed by atoms with Crippen molar-refractivity contribution in [3.63, 3.8) is 0 Å². The first kappa shape index (κ1) is 12.1.